The largest absolute Gasteiger partial charge is 0.352 e. The molecule has 16 heavy (non-hydrogen) atoms. The lowest BCUT2D eigenvalue weighted by Gasteiger charge is -2.31. The van der Waals surface area contributed by atoms with Gasteiger partial charge in [0.05, 0.1) is 0 Å². The minimum absolute atomic E-state index is 0.210. The Morgan fingerprint density at radius 3 is 2.69 bits per heavy atom. The van der Waals surface area contributed by atoms with E-state index in [1.807, 2.05) is 0 Å². The molecule has 1 amide bonds. The van der Waals surface area contributed by atoms with Crippen LogP contribution < -0.4 is 10.6 Å². The number of amides is 1. The maximum atomic E-state index is 11.8. The highest BCUT2D eigenvalue weighted by Crippen LogP contribution is 2.15. The summed E-state index contributed by atoms with van der Waals surface area (Å²) < 4.78 is 0. The van der Waals surface area contributed by atoms with Gasteiger partial charge >= 0.3 is 0 Å². The molecular formula is C13H26N2O. The molecule has 0 spiro atoms. The predicted molar refractivity (Wildman–Crippen MR) is 67.2 cm³/mol. The van der Waals surface area contributed by atoms with E-state index in [2.05, 4.69) is 38.3 Å². The smallest absolute Gasteiger partial charge is 0.220 e. The van der Waals surface area contributed by atoms with Crippen molar-refractivity contribution in [3.8, 4) is 0 Å². The first-order chi connectivity index (χ1) is 7.50. The van der Waals surface area contributed by atoms with E-state index in [0.717, 1.165) is 19.4 Å². The van der Waals surface area contributed by atoms with E-state index in [-0.39, 0.29) is 5.91 Å². The summed E-state index contributed by atoms with van der Waals surface area (Å²) in [6, 6.07) is 0.729. The van der Waals surface area contributed by atoms with Gasteiger partial charge in [0, 0.05) is 18.5 Å². The second kappa shape index (κ2) is 6.24. The molecule has 0 aliphatic carbocycles. The number of rotatable bonds is 4. The van der Waals surface area contributed by atoms with E-state index in [4.69, 9.17) is 0 Å². The maximum absolute atomic E-state index is 11.8. The van der Waals surface area contributed by atoms with Gasteiger partial charge in [0.1, 0.15) is 0 Å². The second-order valence-corrected chi connectivity index (χ2v) is 5.48. The summed E-state index contributed by atoms with van der Waals surface area (Å²) in [5.41, 5.74) is 0. The van der Waals surface area contributed by atoms with Crippen molar-refractivity contribution in [3.63, 3.8) is 0 Å². The van der Waals surface area contributed by atoms with Crippen LogP contribution in [0, 0.1) is 11.8 Å². The van der Waals surface area contributed by atoms with E-state index in [0.29, 0.717) is 30.3 Å². The van der Waals surface area contributed by atoms with Crippen molar-refractivity contribution >= 4 is 5.91 Å². The van der Waals surface area contributed by atoms with E-state index < -0.39 is 0 Å². The zero-order valence-corrected chi connectivity index (χ0v) is 11.0. The van der Waals surface area contributed by atoms with Gasteiger partial charge in [0.15, 0.2) is 0 Å². The quantitative estimate of drug-likeness (QED) is 0.769. The molecule has 0 aromatic rings. The molecule has 0 saturated carbocycles. The summed E-state index contributed by atoms with van der Waals surface area (Å²) in [5, 5.41) is 6.55. The Labute approximate surface area is 99.4 Å². The van der Waals surface area contributed by atoms with E-state index >= 15 is 0 Å². The van der Waals surface area contributed by atoms with Crippen LogP contribution in [-0.2, 0) is 4.79 Å². The first-order valence-corrected chi connectivity index (χ1v) is 6.53. The molecule has 3 atom stereocenters. The molecular weight excluding hydrogens is 200 g/mol. The fourth-order valence-electron chi connectivity index (χ4n) is 2.03. The van der Waals surface area contributed by atoms with Gasteiger partial charge < -0.3 is 10.6 Å². The fourth-order valence-corrected chi connectivity index (χ4v) is 2.03. The van der Waals surface area contributed by atoms with Gasteiger partial charge in [-0.3, -0.25) is 4.79 Å². The molecule has 0 aromatic heterocycles. The third-order valence-electron chi connectivity index (χ3n) is 3.75. The molecule has 2 N–H and O–H groups in total. The average Bonchev–Trinajstić information content (AvgIpc) is 2.21. The lowest BCUT2D eigenvalue weighted by Crippen LogP contribution is -2.52. The molecule has 1 saturated heterocycles. The minimum atomic E-state index is 0.210. The third-order valence-corrected chi connectivity index (χ3v) is 3.75. The number of carbonyl (C=O) groups is 1. The molecule has 1 fully saturated rings. The van der Waals surface area contributed by atoms with Gasteiger partial charge in [-0.1, -0.05) is 20.8 Å². The summed E-state index contributed by atoms with van der Waals surface area (Å²) in [6.07, 6.45) is 2.92. The van der Waals surface area contributed by atoms with Crippen LogP contribution in [0.5, 0.6) is 0 Å². The standard InChI is InChI=1S/C13H26N2O/c1-9(2)10(3)8-13(16)15-12-6-5-7-14-11(12)4/h9-12,14H,5-8H2,1-4H3,(H,15,16). The van der Waals surface area contributed by atoms with Crippen LogP contribution in [0.25, 0.3) is 0 Å². The lowest BCUT2D eigenvalue weighted by atomic mass is 9.93. The zero-order valence-electron chi connectivity index (χ0n) is 11.0. The Morgan fingerprint density at radius 1 is 1.44 bits per heavy atom. The second-order valence-electron chi connectivity index (χ2n) is 5.48. The normalized spacial score (nSPS) is 27.8. The van der Waals surface area contributed by atoms with Crippen molar-refractivity contribution in [1.82, 2.24) is 10.6 Å². The molecule has 3 heteroatoms. The Kier molecular flexibility index (Phi) is 5.26. The SMILES string of the molecule is CC(C)C(C)CC(=O)NC1CCCNC1C. The van der Waals surface area contributed by atoms with Gasteiger partial charge in [-0.25, -0.2) is 0 Å². The third kappa shape index (κ3) is 4.12. The highest BCUT2D eigenvalue weighted by atomic mass is 16.1. The first kappa shape index (κ1) is 13.5. The van der Waals surface area contributed by atoms with Crippen LogP contribution in [0.3, 0.4) is 0 Å². The van der Waals surface area contributed by atoms with E-state index in [9.17, 15) is 4.79 Å². The molecule has 1 aliphatic rings. The summed E-state index contributed by atoms with van der Waals surface area (Å²) >= 11 is 0. The Morgan fingerprint density at radius 2 is 2.12 bits per heavy atom. The summed E-state index contributed by atoms with van der Waals surface area (Å²) in [5.74, 6) is 1.25. The zero-order chi connectivity index (χ0) is 12.1. The van der Waals surface area contributed by atoms with E-state index in [1.165, 1.54) is 0 Å². The number of carbonyl (C=O) groups excluding carboxylic acids is 1. The van der Waals surface area contributed by atoms with Crippen molar-refractivity contribution in [2.75, 3.05) is 6.54 Å². The maximum Gasteiger partial charge on any atom is 0.220 e. The van der Waals surface area contributed by atoms with E-state index in [1.54, 1.807) is 0 Å². The van der Waals surface area contributed by atoms with Gasteiger partial charge in [0.25, 0.3) is 0 Å². The molecule has 1 rings (SSSR count). The number of hydrogen-bond acceptors (Lipinski definition) is 2. The van der Waals surface area contributed by atoms with Gasteiger partial charge in [0.2, 0.25) is 5.91 Å². The Balaban J connectivity index is 2.32. The number of piperidine rings is 1. The predicted octanol–water partition coefficient (Wildman–Crippen LogP) is 1.93. The van der Waals surface area contributed by atoms with Crippen LogP contribution in [0.1, 0.15) is 47.0 Å². The van der Waals surface area contributed by atoms with Gasteiger partial charge in [-0.2, -0.15) is 0 Å². The summed E-state index contributed by atoms with van der Waals surface area (Å²) in [7, 11) is 0. The fraction of sp³-hybridized carbons (Fsp3) is 0.923. The Bertz CT molecular complexity index is 228. The number of hydrogen-bond donors (Lipinski definition) is 2. The van der Waals surface area contributed by atoms with Gasteiger partial charge in [-0.15, -0.1) is 0 Å². The van der Waals surface area contributed by atoms with Crippen LogP contribution >= 0.6 is 0 Å². The Hall–Kier alpha value is -0.570. The van der Waals surface area contributed by atoms with Crippen molar-refractivity contribution in [2.24, 2.45) is 11.8 Å². The molecule has 3 nitrogen and oxygen atoms in total. The molecule has 0 bridgehead atoms. The van der Waals surface area contributed by atoms with Crippen molar-refractivity contribution in [2.45, 2.75) is 59.0 Å². The molecule has 1 aliphatic heterocycles. The lowest BCUT2D eigenvalue weighted by molar-refractivity contribution is -0.123. The highest BCUT2D eigenvalue weighted by molar-refractivity contribution is 5.76. The van der Waals surface area contributed by atoms with Crippen molar-refractivity contribution < 1.29 is 4.79 Å². The summed E-state index contributed by atoms with van der Waals surface area (Å²) in [6.45, 7) is 9.71. The summed E-state index contributed by atoms with van der Waals surface area (Å²) in [4.78, 5) is 11.8. The molecule has 94 valence electrons. The molecule has 0 radical (unpaired) electrons. The monoisotopic (exact) mass is 226 g/mol. The topological polar surface area (TPSA) is 41.1 Å². The van der Waals surface area contributed by atoms with Crippen molar-refractivity contribution in [1.29, 1.82) is 0 Å². The van der Waals surface area contributed by atoms with Gasteiger partial charge in [-0.05, 0) is 38.1 Å². The first-order valence-electron chi connectivity index (χ1n) is 6.53. The van der Waals surface area contributed by atoms with Crippen LogP contribution in [0.15, 0.2) is 0 Å². The van der Waals surface area contributed by atoms with Crippen molar-refractivity contribution in [3.05, 3.63) is 0 Å². The molecule has 0 aromatic carbocycles. The highest BCUT2D eigenvalue weighted by Gasteiger charge is 2.23. The van der Waals surface area contributed by atoms with Crippen LogP contribution in [-0.4, -0.2) is 24.5 Å². The minimum Gasteiger partial charge on any atom is -0.352 e. The number of nitrogens with one attached hydrogen (secondary N) is 2. The molecule has 1 heterocycles. The van der Waals surface area contributed by atoms with Crippen LogP contribution in [0.2, 0.25) is 0 Å². The average molecular weight is 226 g/mol. The molecule has 3 unspecified atom stereocenters. The van der Waals surface area contributed by atoms with Crippen LogP contribution in [0.4, 0.5) is 0 Å².